The van der Waals surface area contributed by atoms with Crippen LogP contribution >= 0.6 is 11.3 Å². The lowest BCUT2D eigenvalue weighted by Crippen LogP contribution is -2.12. The molecular weight excluding hydrogens is 232 g/mol. The first-order chi connectivity index (χ1) is 8.36. The highest BCUT2D eigenvalue weighted by Crippen LogP contribution is 2.35. The first-order valence-electron chi connectivity index (χ1n) is 5.81. The van der Waals surface area contributed by atoms with E-state index in [2.05, 4.69) is 6.07 Å². The minimum atomic E-state index is -0.575. The van der Waals surface area contributed by atoms with Crippen LogP contribution in [-0.2, 0) is 6.42 Å². The first kappa shape index (κ1) is 10.8. The van der Waals surface area contributed by atoms with Gasteiger partial charge in [0.25, 0.3) is 0 Å². The van der Waals surface area contributed by atoms with Gasteiger partial charge in [-0.15, -0.1) is 0 Å². The number of ether oxygens (including phenoxy) is 1. The normalized spacial score (nSPS) is 16.1. The Morgan fingerprint density at radius 2 is 2.24 bits per heavy atom. The third-order valence-electron chi connectivity index (χ3n) is 3.12. The maximum atomic E-state index is 10.4. The molecule has 1 aliphatic rings. The molecule has 1 unspecified atom stereocenters. The van der Waals surface area contributed by atoms with E-state index < -0.39 is 6.10 Å². The molecule has 3 heteroatoms. The minimum Gasteiger partial charge on any atom is -0.493 e. The summed E-state index contributed by atoms with van der Waals surface area (Å²) in [6.07, 6.45) is 1.53. The highest BCUT2D eigenvalue weighted by atomic mass is 32.1. The van der Waals surface area contributed by atoms with E-state index in [1.807, 2.05) is 29.0 Å². The van der Waals surface area contributed by atoms with Gasteiger partial charge in [0.15, 0.2) is 0 Å². The number of aliphatic hydroxyl groups excluding tert-OH is 1. The second-order valence-electron chi connectivity index (χ2n) is 4.25. The number of para-hydroxylation sites is 1. The van der Waals surface area contributed by atoms with E-state index >= 15 is 0 Å². The summed E-state index contributed by atoms with van der Waals surface area (Å²) in [5.74, 6) is 0.887. The van der Waals surface area contributed by atoms with E-state index in [0.29, 0.717) is 0 Å². The maximum Gasteiger partial charge on any atom is 0.128 e. The molecule has 1 aromatic heterocycles. The van der Waals surface area contributed by atoms with Crippen LogP contribution in [0.5, 0.6) is 5.75 Å². The highest BCUT2D eigenvalue weighted by Gasteiger charge is 2.20. The molecule has 0 spiro atoms. The predicted molar refractivity (Wildman–Crippen MR) is 68.6 cm³/mol. The summed E-state index contributed by atoms with van der Waals surface area (Å²) in [5.41, 5.74) is 3.04. The Hall–Kier alpha value is -1.32. The lowest BCUT2D eigenvalue weighted by molar-refractivity contribution is 0.207. The first-order valence-corrected chi connectivity index (χ1v) is 6.75. The van der Waals surface area contributed by atoms with E-state index in [4.69, 9.17) is 4.74 Å². The van der Waals surface area contributed by atoms with Gasteiger partial charge in [-0.1, -0.05) is 18.2 Å². The van der Waals surface area contributed by atoms with E-state index in [1.165, 1.54) is 5.56 Å². The van der Waals surface area contributed by atoms with Gasteiger partial charge in [0.05, 0.1) is 6.61 Å². The molecule has 0 radical (unpaired) electrons. The van der Waals surface area contributed by atoms with Gasteiger partial charge in [0.1, 0.15) is 11.9 Å². The molecule has 0 aliphatic carbocycles. The van der Waals surface area contributed by atoms with Crippen molar-refractivity contribution in [3.8, 4) is 5.75 Å². The molecule has 2 heterocycles. The Morgan fingerprint density at radius 1 is 1.29 bits per heavy atom. The van der Waals surface area contributed by atoms with Gasteiger partial charge in [-0.3, -0.25) is 0 Å². The number of hydrogen-bond donors (Lipinski definition) is 1. The largest absolute Gasteiger partial charge is 0.493 e. The molecular formula is C14H14O2S. The van der Waals surface area contributed by atoms with E-state index in [9.17, 15) is 5.11 Å². The Balaban J connectivity index is 2.03. The van der Waals surface area contributed by atoms with Crippen LogP contribution in [0.15, 0.2) is 35.0 Å². The second kappa shape index (κ2) is 4.51. The maximum absolute atomic E-state index is 10.4. The topological polar surface area (TPSA) is 29.5 Å². The second-order valence-corrected chi connectivity index (χ2v) is 5.03. The Morgan fingerprint density at radius 3 is 3.06 bits per heavy atom. The van der Waals surface area contributed by atoms with Crippen molar-refractivity contribution in [2.24, 2.45) is 0 Å². The van der Waals surface area contributed by atoms with Gasteiger partial charge in [-0.05, 0) is 40.8 Å². The Kier molecular flexibility index (Phi) is 2.87. The van der Waals surface area contributed by atoms with E-state index in [-0.39, 0.29) is 0 Å². The van der Waals surface area contributed by atoms with Crippen molar-refractivity contribution in [2.45, 2.75) is 18.9 Å². The summed E-state index contributed by atoms with van der Waals surface area (Å²) >= 11 is 1.60. The molecule has 0 saturated carbocycles. The average molecular weight is 246 g/mol. The van der Waals surface area contributed by atoms with Gasteiger partial charge in [-0.25, -0.2) is 0 Å². The minimum absolute atomic E-state index is 0.575. The molecule has 0 fully saturated rings. The van der Waals surface area contributed by atoms with Crippen molar-refractivity contribution in [1.82, 2.24) is 0 Å². The quantitative estimate of drug-likeness (QED) is 0.882. The summed E-state index contributed by atoms with van der Waals surface area (Å²) < 4.78 is 5.72. The molecule has 2 aromatic rings. The summed E-state index contributed by atoms with van der Waals surface area (Å²) in [6, 6.07) is 7.99. The zero-order valence-corrected chi connectivity index (χ0v) is 10.2. The summed E-state index contributed by atoms with van der Waals surface area (Å²) in [4.78, 5) is 0. The van der Waals surface area contributed by atoms with Crippen molar-refractivity contribution in [1.29, 1.82) is 0 Å². The van der Waals surface area contributed by atoms with Crippen LogP contribution in [0.1, 0.15) is 29.2 Å². The number of aryl methyl sites for hydroxylation is 1. The molecule has 1 atom stereocenters. The average Bonchev–Trinajstić information content (AvgIpc) is 2.91. The number of hydrogen-bond acceptors (Lipinski definition) is 3. The van der Waals surface area contributed by atoms with Crippen LogP contribution in [0.25, 0.3) is 0 Å². The van der Waals surface area contributed by atoms with Crippen molar-refractivity contribution in [2.75, 3.05) is 6.61 Å². The van der Waals surface area contributed by atoms with E-state index in [0.717, 1.165) is 36.3 Å². The molecule has 17 heavy (non-hydrogen) atoms. The smallest absolute Gasteiger partial charge is 0.128 e. The number of rotatable bonds is 2. The monoisotopic (exact) mass is 246 g/mol. The summed E-state index contributed by atoms with van der Waals surface area (Å²) in [5, 5.41) is 14.3. The fraction of sp³-hybridized carbons (Fsp3) is 0.286. The SMILES string of the molecule is OC(c1ccsc1)c1cccc2c1OCCC2. The molecule has 0 saturated heterocycles. The van der Waals surface area contributed by atoms with Crippen LogP contribution < -0.4 is 4.74 Å². The Bertz CT molecular complexity index is 505. The standard InChI is InChI=1S/C14H14O2S/c15-13(11-6-8-17-9-11)12-5-1-3-10-4-2-7-16-14(10)12/h1,3,5-6,8-9,13,15H,2,4,7H2. The molecule has 1 aliphatic heterocycles. The fourth-order valence-electron chi connectivity index (χ4n) is 2.24. The zero-order chi connectivity index (χ0) is 11.7. The highest BCUT2D eigenvalue weighted by molar-refractivity contribution is 7.07. The summed E-state index contributed by atoms with van der Waals surface area (Å²) in [6.45, 7) is 0.750. The van der Waals surface area contributed by atoms with Crippen LogP contribution in [-0.4, -0.2) is 11.7 Å². The molecule has 3 rings (SSSR count). The third-order valence-corrected chi connectivity index (χ3v) is 3.82. The van der Waals surface area contributed by atoms with Gasteiger partial charge < -0.3 is 9.84 Å². The number of thiophene rings is 1. The number of aliphatic hydroxyl groups is 1. The predicted octanol–water partition coefficient (Wildman–Crippen LogP) is 3.15. The van der Waals surface area contributed by atoms with Crippen LogP contribution in [0, 0.1) is 0 Å². The van der Waals surface area contributed by atoms with Gasteiger partial charge in [0.2, 0.25) is 0 Å². The van der Waals surface area contributed by atoms with Gasteiger partial charge >= 0.3 is 0 Å². The number of fused-ring (bicyclic) bond motifs is 1. The molecule has 0 amide bonds. The molecule has 0 bridgehead atoms. The molecule has 2 nitrogen and oxygen atoms in total. The molecule has 1 N–H and O–H groups in total. The molecule has 88 valence electrons. The fourth-order valence-corrected chi connectivity index (χ4v) is 2.92. The Labute approximate surface area is 104 Å². The number of benzene rings is 1. The van der Waals surface area contributed by atoms with Crippen LogP contribution in [0.2, 0.25) is 0 Å². The summed E-state index contributed by atoms with van der Waals surface area (Å²) in [7, 11) is 0. The van der Waals surface area contributed by atoms with E-state index in [1.54, 1.807) is 11.3 Å². The van der Waals surface area contributed by atoms with Gasteiger partial charge in [0, 0.05) is 5.56 Å². The lowest BCUT2D eigenvalue weighted by atomic mass is 9.97. The van der Waals surface area contributed by atoms with Crippen LogP contribution in [0.3, 0.4) is 0 Å². The zero-order valence-electron chi connectivity index (χ0n) is 9.43. The van der Waals surface area contributed by atoms with Gasteiger partial charge in [-0.2, -0.15) is 11.3 Å². The lowest BCUT2D eigenvalue weighted by Gasteiger charge is -2.22. The molecule has 1 aromatic carbocycles. The third kappa shape index (κ3) is 1.96. The van der Waals surface area contributed by atoms with Crippen molar-refractivity contribution >= 4 is 11.3 Å². The van der Waals surface area contributed by atoms with Crippen molar-refractivity contribution < 1.29 is 9.84 Å². The van der Waals surface area contributed by atoms with Crippen molar-refractivity contribution in [3.63, 3.8) is 0 Å². The van der Waals surface area contributed by atoms with Crippen LogP contribution in [0.4, 0.5) is 0 Å². The van der Waals surface area contributed by atoms with Crippen molar-refractivity contribution in [3.05, 3.63) is 51.7 Å².